The number of halogens is 2. The lowest BCUT2D eigenvalue weighted by atomic mass is 10.1. The van der Waals surface area contributed by atoms with Crippen LogP contribution >= 0.6 is 0 Å². The van der Waals surface area contributed by atoms with E-state index >= 15 is 0 Å². The zero-order chi connectivity index (χ0) is 18.7. The van der Waals surface area contributed by atoms with Gasteiger partial charge in [-0.1, -0.05) is 0 Å². The predicted molar refractivity (Wildman–Crippen MR) is 92.0 cm³/mol. The van der Waals surface area contributed by atoms with Crippen LogP contribution in [0.2, 0.25) is 0 Å². The Kier molecular flexibility index (Phi) is 5.89. The molecule has 0 radical (unpaired) electrons. The molecule has 0 saturated carbocycles. The van der Waals surface area contributed by atoms with Crippen LogP contribution < -0.4 is 0 Å². The number of benzene rings is 1. The van der Waals surface area contributed by atoms with Gasteiger partial charge in [-0.2, -0.15) is 4.31 Å². The molecule has 0 unspecified atom stereocenters. The molecule has 9 heteroatoms. The number of carbonyl (C=O) groups excluding carboxylic acids is 1. The van der Waals surface area contributed by atoms with Crippen LogP contribution in [0.3, 0.4) is 0 Å². The minimum Gasteiger partial charge on any atom is -0.342 e. The van der Waals surface area contributed by atoms with E-state index in [1.54, 1.807) is 0 Å². The van der Waals surface area contributed by atoms with Gasteiger partial charge in [-0.25, -0.2) is 17.2 Å². The molecular weight excluding hydrogens is 364 g/mol. The number of nitrogens with zero attached hydrogens (tertiary/aromatic N) is 3. The third-order valence-electron chi connectivity index (χ3n) is 4.91. The second-order valence-electron chi connectivity index (χ2n) is 6.70. The molecule has 2 saturated heterocycles. The Morgan fingerprint density at radius 1 is 0.962 bits per heavy atom. The first-order valence-electron chi connectivity index (χ1n) is 8.83. The van der Waals surface area contributed by atoms with Crippen molar-refractivity contribution >= 4 is 15.9 Å². The van der Waals surface area contributed by atoms with Crippen molar-refractivity contribution in [2.24, 2.45) is 0 Å². The number of rotatable bonds is 4. The summed E-state index contributed by atoms with van der Waals surface area (Å²) in [6, 6.07) is 2.45. The van der Waals surface area contributed by atoms with Crippen molar-refractivity contribution in [3.63, 3.8) is 0 Å². The lowest BCUT2D eigenvalue weighted by Gasteiger charge is -2.35. The summed E-state index contributed by atoms with van der Waals surface area (Å²) in [5.74, 6) is -1.83. The molecule has 26 heavy (non-hydrogen) atoms. The number of sulfonamides is 1. The maximum Gasteiger partial charge on any atom is 0.246 e. The SMILES string of the molecule is O=C(CN1CCN(S(=O)(=O)c2ccc(F)cc2F)CC1)N1CCCCC1. The van der Waals surface area contributed by atoms with E-state index < -0.39 is 26.6 Å². The van der Waals surface area contributed by atoms with Crippen molar-refractivity contribution < 1.29 is 22.0 Å². The summed E-state index contributed by atoms with van der Waals surface area (Å²) in [6.45, 7) is 3.01. The smallest absolute Gasteiger partial charge is 0.246 e. The van der Waals surface area contributed by atoms with Gasteiger partial charge in [0.1, 0.15) is 16.5 Å². The van der Waals surface area contributed by atoms with Gasteiger partial charge in [-0.05, 0) is 31.4 Å². The number of carbonyl (C=O) groups is 1. The summed E-state index contributed by atoms with van der Waals surface area (Å²) >= 11 is 0. The highest BCUT2D eigenvalue weighted by molar-refractivity contribution is 7.89. The second-order valence-corrected chi connectivity index (χ2v) is 8.60. The zero-order valence-corrected chi connectivity index (χ0v) is 15.4. The summed E-state index contributed by atoms with van der Waals surface area (Å²) in [7, 11) is -4.01. The molecule has 144 valence electrons. The molecule has 3 rings (SSSR count). The Labute approximate surface area is 152 Å². The van der Waals surface area contributed by atoms with Gasteiger partial charge in [0, 0.05) is 45.3 Å². The van der Waals surface area contributed by atoms with Crippen LogP contribution in [0.4, 0.5) is 8.78 Å². The normalized spacial score (nSPS) is 20.3. The van der Waals surface area contributed by atoms with Crippen molar-refractivity contribution in [1.29, 1.82) is 0 Å². The van der Waals surface area contributed by atoms with E-state index in [9.17, 15) is 22.0 Å². The molecule has 0 spiro atoms. The highest BCUT2D eigenvalue weighted by atomic mass is 32.2. The molecule has 2 aliphatic heterocycles. The average molecular weight is 387 g/mol. The average Bonchev–Trinajstić information content (AvgIpc) is 2.62. The van der Waals surface area contributed by atoms with E-state index in [1.165, 1.54) is 4.31 Å². The molecule has 0 bridgehead atoms. The molecule has 1 aromatic rings. The maximum absolute atomic E-state index is 13.8. The molecule has 0 aliphatic carbocycles. The van der Waals surface area contributed by atoms with Crippen molar-refractivity contribution in [2.45, 2.75) is 24.2 Å². The van der Waals surface area contributed by atoms with Crippen LogP contribution in [-0.2, 0) is 14.8 Å². The molecule has 2 aliphatic rings. The molecule has 6 nitrogen and oxygen atoms in total. The Hall–Kier alpha value is -1.58. The second kappa shape index (κ2) is 7.98. The fourth-order valence-electron chi connectivity index (χ4n) is 3.39. The largest absolute Gasteiger partial charge is 0.342 e. The van der Waals surface area contributed by atoms with Gasteiger partial charge in [0.2, 0.25) is 15.9 Å². The number of piperidine rings is 1. The summed E-state index contributed by atoms with van der Waals surface area (Å²) in [6.07, 6.45) is 3.21. The van der Waals surface area contributed by atoms with Gasteiger partial charge in [0.15, 0.2) is 0 Å². The van der Waals surface area contributed by atoms with Gasteiger partial charge in [0.05, 0.1) is 6.54 Å². The number of piperazine rings is 1. The number of hydrogen-bond acceptors (Lipinski definition) is 4. The molecule has 0 N–H and O–H groups in total. The monoisotopic (exact) mass is 387 g/mol. The highest BCUT2D eigenvalue weighted by Crippen LogP contribution is 2.21. The summed E-state index contributed by atoms with van der Waals surface area (Å²) in [5, 5.41) is 0. The van der Waals surface area contributed by atoms with E-state index in [2.05, 4.69) is 0 Å². The van der Waals surface area contributed by atoms with Gasteiger partial charge in [-0.3, -0.25) is 9.69 Å². The first-order valence-corrected chi connectivity index (χ1v) is 10.3. The van der Waals surface area contributed by atoms with Crippen LogP contribution in [0.5, 0.6) is 0 Å². The predicted octanol–water partition coefficient (Wildman–Crippen LogP) is 1.28. The number of hydrogen-bond donors (Lipinski definition) is 0. The molecule has 1 amide bonds. The van der Waals surface area contributed by atoms with Gasteiger partial charge in [0.25, 0.3) is 0 Å². The van der Waals surface area contributed by atoms with Crippen LogP contribution in [0.1, 0.15) is 19.3 Å². The molecule has 2 fully saturated rings. The Morgan fingerprint density at radius 3 is 2.23 bits per heavy atom. The third kappa shape index (κ3) is 4.21. The lowest BCUT2D eigenvalue weighted by Crippen LogP contribution is -2.52. The fourth-order valence-corrected chi connectivity index (χ4v) is 4.85. The van der Waals surface area contributed by atoms with Crippen LogP contribution in [0, 0.1) is 11.6 Å². The van der Waals surface area contributed by atoms with E-state index in [1.807, 2.05) is 9.80 Å². The van der Waals surface area contributed by atoms with Crippen molar-refractivity contribution in [2.75, 3.05) is 45.8 Å². The standard InChI is InChI=1S/C17H23F2N3O3S/c18-14-4-5-16(15(19)12-14)26(24,25)22-10-8-20(9-11-22)13-17(23)21-6-2-1-3-7-21/h4-5,12H,1-3,6-11,13H2. The Morgan fingerprint density at radius 2 is 1.62 bits per heavy atom. The van der Waals surface area contributed by atoms with E-state index in [-0.39, 0.29) is 25.5 Å². The van der Waals surface area contributed by atoms with Gasteiger partial charge in [-0.15, -0.1) is 0 Å². The maximum atomic E-state index is 13.8. The molecule has 2 heterocycles. The summed E-state index contributed by atoms with van der Waals surface area (Å²) in [5.41, 5.74) is 0. The number of likely N-dealkylation sites (tertiary alicyclic amines) is 1. The first kappa shape index (κ1) is 19.2. The van der Waals surface area contributed by atoms with E-state index in [0.717, 1.165) is 44.5 Å². The minimum absolute atomic E-state index is 0.0746. The Bertz CT molecular complexity index is 759. The molecule has 1 aromatic carbocycles. The zero-order valence-electron chi connectivity index (χ0n) is 14.5. The van der Waals surface area contributed by atoms with Crippen molar-refractivity contribution in [3.05, 3.63) is 29.8 Å². The molecule has 0 atom stereocenters. The van der Waals surface area contributed by atoms with Crippen molar-refractivity contribution in [3.8, 4) is 0 Å². The van der Waals surface area contributed by atoms with Crippen LogP contribution in [0.15, 0.2) is 23.1 Å². The topological polar surface area (TPSA) is 60.9 Å². The van der Waals surface area contributed by atoms with E-state index in [4.69, 9.17) is 0 Å². The van der Waals surface area contributed by atoms with E-state index in [0.29, 0.717) is 19.2 Å². The van der Waals surface area contributed by atoms with Crippen LogP contribution in [0.25, 0.3) is 0 Å². The van der Waals surface area contributed by atoms with Crippen molar-refractivity contribution in [1.82, 2.24) is 14.1 Å². The molecule has 0 aromatic heterocycles. The van der Waals surface area contributed by atoms with Gasteiger partial charge >= 0.3 is 0 Å². The minimum atomic E-state index is -4.01. The number of amides is 1. The lowest BCUT2D eigenvalue weighted by molar-refractivity contribution is -0.133. The Balaban J connectivity index is 1.58. The first-order chi connectivity index (χ1) is 12.4. The van der Waals surface area contributed by atoms with Gasteiger partial charge < -0.3 is 4.90 Å². The molecular formula is C17H23F2N3O3S. The fraction of sp³-hybridized carbons (Fsp3) is 0.588. The quantitative estimate of drug-likeness (QED) is 0.781. The highest BCUT2D eigenvalue weighted by Gasteiger charge is 2.31. The summed E-state index contributed by atoms with van der Waals surface area (Å²) < 4.78 is 53.2. The third-order valence-corrected chi connectivity index (χ3v) is 6.84. The van der Waals surface area contributed by atoms with Crippen LogP contribution in [-0.4, -0.2) is 74.2 Å². The summed E-state index contributed by atoms with van der Waals surface area (Å²) in [4.78, 5) is 15.6.